The van der Waals surface area contributed by atoms with Crippen molar-refractivity contribution in [2.75, 3.05) is 0 Å². The molecule has 0 saturated heterocycles. The number of hydrogen-bond donors (Lipinski definition) is 0. The first kappa shape index (κ1) is 14.7. The first-order chi connectivity index (χ1) is 11.2. The lowest BCUT2D eigenvalue weighted by Crippen LogP contribution is -1.88. The first-order valence-corrected chi connectivity index (χ1v) is 7.12. The molecule has 0 aliphatic carbocycles. The van der Waals surface area contributed by atoms with Crippen molar-refractivity contribution in [3.8, 4) is 0 Å². The second-order valence-electron chi connectivity index (χ2n) is 4.98. The summed E-state index contributed by atoms with van der Waals surface area (Å²) in [5, 5.41) is 10.6. The Morgan fingerprint density at radius 2 is 1.74 bits per heavy atom. The third-order valence-corrected chi connectivity index (χ3v) is 3.35. The van der Waals surface area contributed by atoms with Crippen LogP contribution in [-0.2, 0) is 6.42 Å². The van der Waals surface area contributed by atoms with Crippen LogP contribution in [0, 0.1) is 10.1 Å². The van der Waals surface area contributed by atoms with Gasteiger partial charge in [-0.3, -0.25) is 15.1 Å². The van der Waals surface area contributed by atoms with Crippen molar-refractivity contribution in [1.82, 2.24) is 0 Å². The highest BCUT2D eigenvalue weighted by molar-refractivity contribution is 5.79. The van der Waals surface area contributed by atoms with Gasteiger partial charge >= 0.3 is 5.88 Å². The van der Waals surface area contributed by atoms with E-state index in [-0.39, 0.29) is 5.88 Å². The van der Waals surface area contributed by atoms with Gasteiger partial charge in [0.15, 0.2) is 5.76 Å². The Labute approximate surface area is 133 Å². The molecule has 0 spiro atoms. The molecule has 1 aromatic heterocycles. The highest BCUT2D eigenvalue weighted by atomic mass is 16.6. The Bertz CT molecular complexity index is 838. The second kappa shape index (κ2) is 6.70. The SMILES string of the molecule is O=[N+]([O-])c1ccc(C=Nc2ccccc2Cc2ccccc2)o1. The quantitative estimate of drug-likeness (QED) is 0.395. The fourth-order valence-corrected chi connectivity index (χ4v) is 2.24. The molecule has 3 aromatic rings. The summed E-state index contributed by atoms with van der Waals surface area (Å²) in [4.78, 5) is 14.4. The van der Waals surface area contributed by atoms with Crippen LogP contribution in [0.25, 0.3) is 0 Å². The Hall–Kier alpha value is -3.21. The minimum atomic E-state index is -0.569. The molecule has 3 rings (SSSR count). The van der Waals surface area contributed by atoms with Crippen LogP contribution in [0.1, 0.15) is 16.9 Å². The van der Waals surface area contributed by atoms with Crippen molar-refractivity contribution in [3.05, 3.63) is 93.7 Å². The van der Waals surface area contributed by atoms with E-state index in [1.165, 1.54) is 23.9 Å². The Balaban J connectivity index is 1.82. The van der Waals surface area contributed by atoms with Crippen molar-refractivity contribution in [2.45, 2.75) is 6.42 Å². The molecule has 0 radical (unpaired) electrons. The van der Waals surface area contributed by atoms with Gasteiger partial charge in [0.1, 0.15) is 4.92 Å². The van der Waals surface area contributed by atoms with E-state index in [1.807, 2.05) is 42.5 Å². The molecule has 0 unspecified atom stereocenters. The first-order valence-electron chi connectivity index (χ1n) is 7.12. The predicted molar refractivity (Wildman–Crippen MR) is 88.3 cm³/mol. The molecule has 23 heavy (non-hydrogen) atoms. The molecular weight excluding hydrogens is 292 g/mol. The zero-order chi connectivity index (χ0) is 16.1. The summed E-state index contributed by atoms with van der Waals surface area (Å²) in [6.45, 7) is 0. The van der Waals surface area contributed by atoms with Crippen molar-refractivity contribution in [3.63, 3.8) is 0 Å². The maximum atomic E-state index is 10.6. The zero-order valence-corrected chi connectivity index (χ0v) is 12.3. The zero-order valence-electron chi connectivity index (χ0n) is 12.3. The normalized spacial score (nSPS) is 11.0. The number of para-hydroxylation sites is 1. The number of aliphatic imine (C=N–C) groups is 1. The summed E-state index contributed by atoms with van der Waals surface area (Å²) in [6.07, 6.45) is 2.27. The molecule has 0 atom stereocenters. The molecule has 0 fully saturated rings. The average molecular weight is 306 g/mol. The van der Waals surface area contributed by atoms with Gasteiger partial charge in [0.25, 0.3) is 0 Å². The smallest absolute Gasteiger partial charge is 0.400 e. The van der Waals surface area contributed by atoms with Crippen molar-refractivity contribution in [1.29, 1.82) is 0 Å². The van der Waals surface area contributed by atoms with Crippen molar-refractivity contribution < 1.29 is 9.34 Å². The van der Waals surface area contributed by atoms with Crippen LogP contribution in [0.2, 0.25) is 0 Å². The van der Waals surface area contributed by atoms with Gasteiger partial charge in [0.05, 0.1) is 18.0 Å². The summed E-state index contributed by atoms with van der Waals surface area (Å²) in [5.41, 5.74) is 3.09. The standard InChI is InChI=1S/C18H14N2O3/c21-20(22)18-11-10-16(23-18)13-19-17-9-5-4-8-15(17)12-14-6-2-1-3-7-14/h1-11,13H,12H2. The fraction of sp³-hybridized carbons (Fsp3) is 0.0556. The van der Waals surface area contributed by atoms with Crippen LogP contribution in [0.3, 0.4) is 0 Å². The number of nitro groups is 1. The molecule has 114 valence electrons. The minimum Gasteiger partial charge on any atom is -0.400 e. The molecule has 0 N–H and O–H groups in total. The molecular formula is C18H14N2O3. The van der Waals surface area contributed by atoms with E-state index in [1.54, 1.807) is 0 Å². The van der Waals surface area contributed by atoms with Crippen LogP contribution < -0.4 is 0 Å². The topological polar surface area (TPSA) is 68.6 Å². The fourth-order valence-electron chi connectivity index (χ4n) is 2.24. The maximum Gasteiger partial charge on any atom is 0.433 e. The van der Waals surface area contributed by atoms with Gasteiger partial charge < -0.3 is 4.42 Å². The van der Waals surface area contributed by atoms with Gasteiger partial charge in [-0.25, -0.2) is 0 Å². The van der Waals surface area contributed by atoms with E-state index in [0.29, 0.717) is 5.76 Å². The van der Waals surface area contributed by atoms with Crippen molar-refractivity contribution >= 4 is 17.8 Å². The summed E-state index contributed by atoms with van der Waals surface area (Å²) >= 11 is 0. The van der Waals surface area contributed by atoms with Crippen LogP contribution in [0.15, 0.2) is 76.1 Å². The van der Waals surface area contributed by atoms with Gasteiger partial charge in [-0.1, -0.05) is 48.5 Å². The number of furan rings is 1. The number of benzene rings is 2. The molecule has 5 nitrogen and oxygen atoms in total. The van der Waals surface area contributed by atoms with E-state index in [0.717, 1.165) is 17.7 Å². The van der Waals surface area contributed by atoms with Gasteiger partial charge in [0.2, 0.25) is 0 Å². The van der Waals surface area contributed by atoms with E-state index < -0.39 is 4.92 Å². The van der Waals surface area contributed by atoms with Crippen LogP contribution in [0.5, 0.6) is 0 Å². The van der Waals surface area contributed by atoms with E-state index in [4.69, 9.17) is 4.42 Å². The summed E-state index contributed by atoms with van der Waals surface area (Å²) < 4.78 is 5.08. The minimum absolute atomic E-state index is 0.288. The molecule has 0 bridgehead atoms. The average Bonchev–Trinajstić information content (AvgIpc) is 3.04. The summed E-state index contributed by atoms with van der Waals surface area (Å²) in [6, 6.07) is 20.8. The lowest BCUT2D eigenvalue weighted by atomic mass is 10.0. The molecule has 0 aliphatic rings. The number of nitrogens with zero attached hydrogens (tertiary/aromatic N) is 2. The Kier molecular flexibility index (Phi) is 4.29. The van der Waals surface area contributed by atoms with E-state index in [9.17, 15) is 10.1 Å². The van der Waals surface area contributed by atoms with Gasteiger partial charge in [0, 0.05) is 0 Å². The Morgan fingerprint density at radius 1 is 1.00 bits per heavy atom. The van der Waals surface area contributed by atoms with Crippen molar-refractivity contribution in [2.24, 2.45) is 4.99 Å². The second-order valence-corrected chi connectivity index (χ2v) is 4.98. The lowest BCUT2D eigenvalue weighted by Gasteiger charge is -2.05. The van der Waals surface area contributed by atoms with Crippen LogP contribution in [0.4, 0.5) is 11.6 Å². The largest absolute Gasteiger partial charge is 0.433 e. The number of hydrogen-bond acceptors (Lipinski definition) is 4. The Morgan fingerprint density at radius 3 is 2.48 bits per heavy atom. The van der Waals surface area contributed by atoms with E-state index >= 15 is 0 Å². The highest BCUT2D eigenvalue weighted by Gasteiger charge is 2.10. The van der Waals surface area contributed by atoms with Crippen LogP contribution in [-0.4, -0.2) is 11.1 Å². The number of rotatable bonds is 5. The highest BCUT2D eigenvalue weighted by Crippen LogP contribution is 2.22. The van der Waals surface area contributed by atoms with Gasteiger partial charge in [-0.2, -0.15) is 0 Å². The predicted octanol–water partition coefficient (Wildman–Crippen LogP) is 4.53. The molecule has 0 aliphatic heterocycles. The monoisotopic (exact) mass is 306 g/mol. The lowest BCUT2D eigenvalue weighted by molar-refractivity contribution is -0.402. The van der Waals surface area contributed by atoms with Gasteiger partial charge in [-0.15, -0.1) is 0 Å². The molecule has 1 heterocycles. The third-order valence-electron chi connectivity index (χ3n) is 3.35. The summed E-state index contributed by atoms with van der Waals surface area (Å²) in [7, 11) is 0. The van der Waals surface area contributed by atoms with E-state index in [2.05, 4.69) is 17.1 Å². The maximum absolute atomic E-state index is 10.6. The third kappa shape index (κ3) is 3.71. The van der Waals surface area contributed by atoms with Crippen LogP contribution >= 0.6 is 0 Å². The molecule has 2 aromatic carbocycles. The molecule has 0 saturated carbocycles. The molecule has 0 amide bonds. The van der Waals surface area contributed by atoms with Gasteiger partial charge in [-0.05, 0) is 29.7 Å². The summed E-state index contributed by atoms with van der Waals surface area (Å²) in [5.74, 6) is 0.0650. The molecule has 5 heteroatoms.